The van der Waals surface area contributed by atoms with E-state index in [-0.39, 0.29) is 51.4 Å². The maximum atomic E-state index is 14.0. The predicted octanol–water partition coefficient (Wildman–Crippen LogP) is 2.67. The van der Waals surface area contributed by atoms with Gasteiger partial charge in [0.05, 0.1) is 23.4 Å². The van der Waals surface area contributed by atoms with Crippen molar-refractivity contribution >= 4 is 46.7 Å². The summed E-state index contributed by atoms with van der Waals surface area (Å²) in [5, 5.41) is 2.92. The van der Waals surface area contributed by atoms with Gasteiger partial charge in [-0.05, 0) is 24.1 Å². The van der Waals surface area contributed by atoms with Crippen LogP contribution in [0.15, 0.2) is 71.2 Å². The van der Waals surface area contributed by atoms with E-state index in [0.717, 1.165) is 12.0 Å². The number of halogens is 1. The Balaban J connectivity index is 1.92. The van der Waals surface area contributed by atoms with Crippen molar-refractivity contribution in [3.05, 3.63) is 81.8 Å². The van der Waals surface area contributed by atoms with Crippen molar-refractivity contribution < 1.29 is 23.9 Å². The number of ether oxygens (including phenoxy) is 1. The van der Waals surface area contributed by atoms with Crippen molar-refractivity contribution in [3.63, 3.8) is 0 Å². The van der Waals surface area contributed by atoms with Gasteiger partial charge in [-0.25, -0.2) is 4.79 Å². The number of rotatable bonds is 4. The molecule has 0 fully saturated rings. The van der Waals surface area contributed by atoms with E-state index >= 15 is 0 Å². The zero-order valence-electron chi connectivity index (χ0n) is 19.8. The Hall–Kier alpha value is -4.11. The second kappa shape index (κ2) is 8.23. The van der Waals surface area contributed by atoms with Crippen LogP contribution in [0, 0.1) is 5.92 Å². The van der Waals surface area contributed by atoms with E-state index in [1.807, 2.05) is 13.8 Å². The number of methoxy groups -OCH3 is 1. The number of nitrogens with one attached hydrogen (secondary N) is 1. The number of nitrogens with zero attached hydrogens (tertiary/aromatic N) is 2. The first-order chi connectivity index (χ1) is 17.2. The number of imide groups is 1. The van der Waals surface area contributed by atoms with Gasteiger partial charge in [0, 0.05) is 17.8 Å². The van der Waals surface area contributed by atoms with Gasteiger partial charge < -0.3 is 15.8 Å². The van der Waals surface area contributed by atoms with E-state index in [4.69, 9.17) is 22.1 Å². The fourth-order valence-corrected chi connectivity index (χ4v) is 5.41. The van der Waals surface area contributed by atoms with Crippen LogP contribution in [-0.4, -0.2) is 42.2 Å². The standard InChI is InChI=1S/C26H23ClN4O5/c1-13(2)12-30-22(32)17-20(23(30)33)31(14-8-5-4-6-9-14)21(28)18(24(34)36-3)26(17)15-10-7-11-16(27)19(15)29-25(26)35/h4-11,13H,12,28H2,1-3H3,(H,29,35)/t26-/m0/s1. The minimum Gasteiger partial charge on any atom is -0.466 e. The average molecular weight is 507 g/mol. The fraction of sp³-hybridized carbons (Fsp3) is 0.231. The second-order valence-electron chi connectivity index (χ2n) is 9.13. The lowest BCUT2D eigenvalue weighted by atomic mass is 9.66. The highest BCUT2D eigenvalue weighted by molar-refractivity contribution is 6.37. The molecule has 36 heavy (non-hydrogen) atoms. The Bertz CT molecular complexity index is 1410. The highest BCUT2D eigenvalue weighted by atomic mass is 35.5. The molecule has 1 spiro atoms. The Morgan fingerprint density at radius 1 is 1.08 bits per heavy atom. The van der Waals surface area contributed by atoms with Crippen LogP contribution in [-0.2, 0) is 29.3 Å². The second-order valence-corrected chi connectivity index (χ2v) is 9.53. The molecule has 10 heteroatoms. The van der Waals surface area contributed by atoms with Crippen LogP contribution >= 0.6 is 11.6 Å². The molecule has 184 valence electrons. The monoisotopic (exact) mass is 506 g/mol. The van der Waals surface area contributed by atoms with Crippen molar-refractivity contribution in [1.82, 2.24) is 4.90 Å². The Morgan fingerprint density at radius 3 is 2.42 bits per heavy atom. The third-order valence-corrected chi connectivity index (χ3v) is 6.88. The number of benzene rings is 2. The van der Waals surface area contributed by atoms with Crippen molar-refractivity contribution in [3.8, 4) is 0 Å². The molecule has 0 saturated carbocycles. The summed E-state index contributed by atoms with van der Waals surface area (Å²) in [5.41, 5.74) is 5.01. The van der Waals surface area contributed by atoms with E-state index < -0.39 is 29.1 Å². The topological polar surface area (TPSA) is 122 Å². The molecular formula is C26H23ClN4O5. The lowest BCUT2D eigenvalue weighted by Crippen LogP contribution is -2.51. The lowest BCUT2D eigenvalue weighted by molar-refractivity contribution is -0.139. The quantitative estimate of drug-likeness (QED) is 0.483. The molecule has 9 nitrogen and oxygen atoms in total. The molecule has 2 aromatic rings. The summed E-state index contributed by atoms with van der Waals surface area (Å²) < 4.78 is 5.08. The van der Waals surface area contributed by atoms with Gasteiger partial charge >= 0.3 is 5.97 Å². The van der Waals surface area contributed by atoms with E-state index in [0.29, 0.717) is 5.69 Å². The molecule has 3 amide bonds. The number of fused-ring (bicyclic) bond motifs is 3. The number of carbonyl (C=O) groups excluding carboxylic acids is 4. The highest BCUT2D eigenvalue weighted by Gasteiger charge is 2.66. The molecule has 0 saturated heterocycles. The zero-order valence-corrected chi connectivity index (χ0v) is 20.6. The number of esters is 1. The van der Waals surface area contributed by atoms with Crippen molar-refractivity contribution in [2.75, 3.05) is 23.9 Å². The SMILES string of the molecule is COC(=O)C1=C(N)N(c2ccccc2)C2=C(C(=O)N(CC(C)C)C2=O)[C@]12C(=O)Nc1c(Cl)cccc12. The van der Waals surface area contributed by atoms with Gasteiger partial charge in [-0.2, -0.15) is 0 Å². The fourth-order valence-electron chi connectivity index (χ4n) is 5.18. The van der Waals surface area contributed by atoms with Gasteiger partial charge in [0.1, 0.15) is 22.5 Å². The maximum Gasteiger partial charge on any atom is 0.339 e. The number of amides is 3. The van der Waals surface area contributed by atoms with Crippen LogP contribution in [0.3, 0.4) is 0 Å². The highest BCUT2D eigenvalue weighted by Crippen LogP contribution is 2.56. The molecule has 0 aromatic heterocycles. The minimum atomic E-state index is -2.03. The van der Waals surface area contributed by atoms with Gasteiger partial charge in [0.2, 0.25) is 5.91 Å². The minimum absolute atomic E-state index is 0.0510. The van der Waals surface area contributed by atoms with E-state index in [1.54, 1.807) is 48.5 Å². The van der Waals surface area contributed by atoms with E-state index in [1.165, 1.54) is 4.90 Å². The first-order valence-electron chi connectivity index (χ1n) is 11.3. The first kappa shape index (κ1) is 23.6. The smallest absolute Gasteiger partial charge is 0.339 e. The molecule has 3 aliphatic heterocycles. The summed E-state index contributed by atoms with van der Waals surface area (Å²) in [6, 6.07) is 13.4. The van der Waals surface area contributed by atoms with E-state index in [9.17, 15) is 19.2 Å². The number of hydrogen-bond donors (Lipinski definition) is 2. The molecule has 3 N–H and O–H groups in total. The molecule has 0 unspecified atom stereocenters. The van der Waals surface area contributed by atoms with Crippen LogP contribution in [0.1, 0.15) is 19.4 Å². The normalized spacial score (nSPS) is 21.0. The molecule has 0 bridgehead atoms. The summed E-state index contributed by atoms with van der Waals surface area (Å²) in [4.78, 5) is 57.6. The number of para-hydroxylation sites is 2. The summed E-state index contributed by atoms with van der Waals surface area (Å²) in [7, 11) is 1.16. The van der Waals surface area contributed by atoms with Crippen LogP contribution < -0.4 is 16.0 Å². The van der Waals surface area contributed by atoms with Gasteiger partial charge in [-0.15, -0.1) is 0 Å². The van der Waals surface area contributed by atoms with Crippen LogP contribution in [0.5, 0.6) is 0 Å². The Kier molecular flexibility index (Phi) is 5.40. The zero-order chi connectivity index (χ0) is 25.9. The number of nitrogens with two attached hydrogens (primary N) is 1. The summed E-state index contributed by atoms with van der Waals surface area (Å²) in [5.74, 6) is -3.16. The number of carbonyl (C=O) groups is 4. The van der Waals surface area contributed by atoms with Crippen LogP contribution in [0.2, 0.25) is 5.02 Å². The third kappa shape index (κ3) is 2.95. The molecule has 0 aliphatic carbocycles. The molecular weight excluding hydrogens is 484 g/mol. The predicted molar refractivity (Wildman–Crippen MR) is 132 cm³/mol. The van der Waals surface area contributed by atoms with Gasteiger partial charge in [-0.1, -0.05) is 55.8 Å². The average Bonchev–Trinajstić information content (AvgIpc) is 3.27. The molecule has 3 aliphatic rings. The first-order valence-corrected chi connectivity index (χ1v) is 11.7. The summed E-state index contributed by atoms with van der Waals surface area (Å²) >= 11 is 6.40. The van der Waals surface area contributed by atoms with Crippen molar-refractivity contribution in [2.24, 2.45) is 11.7 Å². The summed E-state index contributed by atoms with van der Waals surface area (Å²) in [6.07, 6.45) is 0. The summed E-state index contributed by atoms with van der Waals surface area (Å²) in [6.45, 7) is 3.85. The molecule has 1 atom stereocenters. The molecule has 2 aromatic carbocycles. The van der Waals surface area contributed by atoms with Gasteiger partial charge in [0.25, 0.3) is 11.8 Å². The number of hydrogen-bond acceptors (Lipinski definition) is 7. The number of anilines is 2. The Labute approximate surface area is 212 Å². The molecule has 0 radical (unpaired) electrons. The maximum absolute atomic E-state index is 14.0. The van der Waals surface area contributed by atoms with Gasteiger partial charge in [-0.3, -0.25) is 24.2 Å². The van der Waals surface area contributed by atoms with Crippen LogP contribution in [0.25, 0.3) is 0 Å². The largest absolute Gasteiger partial charge is 0.466 e. The van der Waals surface area contributed by atoms with Crippen LogP contribution in [0.4, 0.5) is 11.4 Å². The van der Waals surface area contributed by atoms with E-state index in [2.05, 4.69) is 5.32 Å². The third-order valence-electron chi connectivity index (χ3n) is 6.56. The Morgan fingerprint density at radius 2 is 1.78 bits per heavy atom. The van der Waals surface area contributed by atoms with Crippen molar-refractivity contribution in [1.29, 1.82) is 0 Å². The molecule has 5 rings (SSSR count). The van der Waals surface area contributed by atoms with Gasteiger partial charge in [0.15, 0.2) is 0 Å². The lowest BCUT2D eigenvalue weighted by Gasteiger charge is -2.39. The molecule has 3 heterocycles. The van der Waals surface area contributed by atoms with Crippen molar-refractivity contribution in [2.45, 2.75) is 19.3 Å².